The van der Waals surface area contributed by atoms with Crippen LogP contribution >= 0.6 is 45.8 Å². The van der Waals surface area contributed by atoms with Gasteiger partial charge in [-0.2, -0.15) is 0 Å². The van der Waals surface area contributed by atoms with Crippen molar-refractivity contribution in [3.8, 4) is 5.75 Å². The maximum absolute atomic E-state index is 10.5. The minimum atomic E-state index is -0.842. The number of aromatic nitrogens is 1. The molecule has 0 spiro atoms. The van der Waals surface area contributed by atoms with E-state index >= 15 is 0 Å². The number of nitrogens with zero attached hydrogens (tertiary/aromatic N) is 1. The Kier molecular flexibility index (Phi) is 5.29. The molecule has 0 unspecified atom stereocenters. The van der Waals surface area contributed by atoms with E-state index < -0.39 is 5.97 Å². The van der Waals surface area contributed by atoms with Gasteiger partial charge in [-0.1, -0.05) is 23.2 Å². The van der Waals surface area contributed by atoms with Crippen molar-refractivity contribution in [3.05, 3.63) is 31.9 Å². The molecule has 2 aromatic rings. The lowest BCUT2D eigenvalue weighted by Gasteiger charge is -2.12. The first kappa shape index (κ1) is 15.6. The van der Waals surface area contributed by atoms with Crippen molar-refractivity contribution in [2.75, 3.05) is 6.61 Å². The Hall–Kier alpha value is -0.790. The zero-order valence-corrected chi connectivity index (χ0v) is 13.9. The number of carboxylic acids is 1. The molecule has 0 fully saturated rings. The summed E-state index contributed by atoms with van der Waals surface area (Å²) in [5, 5.41) is 10.3. The minimum absolute atomic E-state index is 0.0658. The topological polar surface area (TPSA) is 59.4 Å². The van der Waals surface area contributed by atoms with Crippen molar-refractivity contribution in [2.45, 2.75) is 12.8 Å². The van der Waals surface area contributed by atoms with Gasteiger partial charge in [0.25, 0.3) is 0 Å². The number of hydrogen-bond acceptors (Lipinski definition) is 3. The molecule has 106 valence electrons. The first-order valence-electron chi connectivity index (χ1n) is 5.78. The third kappa shape index (κ3) is 3.65. The Morgan fingerprint density at radius 3 is 2.85 bits per heavy atom. The normalized spacial score (nSPS) is 10.8. The Labute approximate surface area is 139 Å². The fourth-order valence-corrected chi connectivity index (χ4v) is 3.02. The summed E-state index contributed by atoms with van der Waals surface area (Å²) in [6.07, 6.45) is 0.492. The Bertz CT molecular complexity index is 664. The van der Waals surface area contributed by atoms with Crippen LogP contribution in [-0.4, -0.2) is 22.7 Å². The molecule has 20 heavy (non-hydrogen) atoms. The van der Waals surface area contributed by atoms with Gasteiger partial charge < -0.3 is 9.84 Å². The highest BCUT2D eigenvalue weighted by atomic mass is 127. The summed E-state index contributed by atoms with van der Waals surface area (Å²) in [5.74, 6) is -0.261. The number of fused-ring (bicyclic) bond motifs is 1. The molecule has 0 atom stereocenters. The second-order valence-electron chi connectivity index (χ2n) is 4.05. The van der Waals surface area contributed by atoms with Crippen molar-refractivity contribution in [1.29, 1.82) is 0 Å². The van der Waals surface area contributed by atoms with Gasteiger partial charge in [0.15, 0.2) is 5.75 Å². The number of benzene rings is 1. The van der Waals surface area contributed by atoms with E-state index in [1.807, 2.05) is 0 Å². The molecular weight excluding hydrogens is 416 g/mol. The van der Waals surface area contributed by atoms with Crippen molar-refractivity contribution in [1.82, 2.24) is 4.98 Å². The lowest BCUT2D eigenvalue weighted by atomic mass is 10.2. The molecule has 0 aliphatic carbocycles. The third-order valence-electron chi connectivity index (χ3n) is 2.59. The van der Waals surface area contributed by atoms with Crippen LogP contribution in [0.4, 0.5) is 0 Å². The van der Waals surface area contributed by atoms with Gasteiger partial charge in [-0.25, -0.2) is 4.98 Å². The predicted molar refractivity (Wildman–Crippen MR) is 86.8 cm³/mol. The molecule has 0 radical (unpaired) electrons. The first-order valence-corrected chi connectivity index (χ1v) is 7.61. The van der Waals surface area contributed by atoms with Crippen LogP contribution in [0.2, 0.25) is 10.2 Å². The van der Waals surface area contributed by atoms with Gasteiger partial charge in [0.1, 0.15) is 10.7 Å². The molecule has 0 saturated heterocycles. The number of rotatable bonds is 5. The summed E-state index contributed by atoms with van der Waals surface area (Å²) >= 11 is 14.2. The molecule has 7 heteroatoms. The van der Waals surface area contributed by atoms with E-state index in [1.54, 1.807) is 18.2 Å². The van der Waals surface area contributed by atoms with Crippen molar-refractivity contribution in [3.63, 3.8) is 0 Å². The van der Waals surface area contributed by atoms with Crippen molar-refractivity contribution < 1.29 is 14.6 Å². The van der Waals surface area contributed by atoms with Gasteiger partial charge >= 0.3 is 5.97 Å². The summed E-state index contributed by atoms with van der Waals surface area (Å²) in [4.78, 5) is 14.7. The standard InChI is InChI=1S/C13H10Cl2INO3/c14-8-6-9(16)13(20-5-1-2-11(18)19)12-7(8)3-4-10(15)17-12/h3-4,6H,1-2,5H2,(H,18,19). The predicted octanol–water partition coefficient (Wildman–Crippen LogP) is 4.39. The first-order chi connectivity index (χ1) is 9.49. The van der Waals surface area contributed by atoms with E-state index in [9.17, 15) is 4.79 Å². The lowest BCUT2D eigenvalue weighted by Crippen LogP contribution is -2.04. The fraction of sp³-hybridized carbons (Fsp3) is 0.231. The van der Waals surface area contributed by atoms with E-state index in [-0.39, 0.29) is 6.42 Å². The molecule has 2 rings (SSSR count). The molecule has 0 bridgehead atoms. The zero-order chi connectivity index (χ0) is 14.7. The molecule has 0 amide bonds. The highest BCUT2D eigenvalue weighted by molar-refractivity contribution is 14.1. The van der Waals surface area contributed by atoms with Gasteiger partial charge in [0, 0.05) is 11.8 Å². The second kappa shape index (κ2) is 6.78. The van der Waals surface area contributed by atoms with Gasteiger partial charge in [-0.15, -0.1) is 0 Å². The van der Waals surface area contributed by atoms with Crippen LogP contribution in [0, 0.1) is 3.57 Å². The van der Waals surface area contributed by atoms with Crippen LogP contribution in [0.25, 0.3) is 10.9 Å². The van der Waals surface area contributed by atoms with Gasteiger partial charge in [-0.3, -0.25) is 4.79 Å². The molecule has 4 nitrogen and oxygen atoms in total. The number of carboxylic acid groups (broad SMARTS) is 1. The molecular formula is C13H10Cl2INO3. The summed E-state index contributed by atoms with van der Waals surface area (Å²) in [6, 6.07) is 5.23. The van der Waals surface area contributed by atoms with Crippen LogP contribution < -0.4 is 4.74 Å². The summed E-state index contributed by atoms with van der Waals surface area (Å²) < 4.78 is 6.47. The quantitative estimate of drug-likeness (QED) is 0.438. The summed E-state index contributed by atoms with van der Waals surface area (Å²) in [5.41, 5.74) is 0.588. The van der Waals surface area contributed by atoms with Crippen molar-refractivity contribution in [2.24, 2.45) is 0 Å². The van der Waals surface area contributed by atoms with Crippen molar-refractivity contribution >= 4 is 62.7 Å². The fourth-order valence-electron chi connectivity index (χ4n) is 1.70. The smallest absolute Gasteiger partial charge is 0.303 e. The van der Waals surface area contributed by atoms with Gasteiger partial charge in [0.2, 0.25) is 0 Å². The monoisotopic (exact) mass is 425 g/mol. The van der Waals surface area contributed by atoms with E-state index in [2.05, 4.69) is 27.6 Å². The van der Waals surface area contributed by atoms with Gasteiger partial charge in [-0.05, 0) is 47.2 Å². The highest BCUT2D eigenvalue weighted by Gasteiger charge is 2.13. The number of carbonyl (C=O) groups is 1. The molecule has 0 aliphatic rings. The van der Waals surface area contributed by atoms with Crippen LogP contribution in [0.3, 0.4) is 0 Å². The average molecular weight is 426 g/mol. The molecule has 0 aliphatic heterocycles. The van der Waals surface area contributed by atoms with Crippen LogP contribution in [0.15, 0.2) is 18.2 Å². The minimum Gasteiger partial charge on any atom is -0.490 e. The Morgan fingerprint density at radius 1 is 1.40 bits per heavy atom. The molecule has 1 heterocycles. The number of pyridine rings is 1. The summed E-state index contributed by atoms with van der Waals surface area (Å²) in [6.45, 7) is 0.299. The van der Waals surface area contributed by atoms with E-state index in [0.717, 1.165) is 8.96 Å². The SMILES string of the molecule is O=C(O)CCCOc1c(I)cc(Cl)c2ccc(Cl)nc12. The number of ether oxygens (including phenoxy) is 1. The molecule has 1 aromatic carbocycles. The summed E-state index contributed by atoms with van der Waals surface area (Å²) in [7, 11) is 0. The number of aliphatic carboxylic acids is 1. The Balaban J connectivity index is 2.31. The van der Waals surface area contributed by atoms with Crippen LogP contribution in [0.1, 0.15) is 12.8 Å². The maximum atomic E-state index is 10.5. The zero-order valence-electron chi connectivity index (χ0n) is 10.2. The lowest BCUT2D eigenvalue weighted by molar-refractivity contribution is -0.137. The Morgan fingerprint density at radius 2 is 2.15 bits per heavy atom. The average Bonchev–Trinajstić information content (AvgIpc) is 2.36. The van der Waals surface area contributed by atoms with Crippen LogP contribution in [-0.2, 0) is 4.79 Å². The maximum Gasteiger partial charge on any atom is 0.303 e. The second-order valence-corrected chi connectivity index (χ2v) is 6.00. The largest absolute Gasteiger partial charge is 0.490 e. The van der Waals surface area contributed by atoms with E-state index in [4.69, 9.17) is 33.0 Å². The molecule has 1 aromatic heterocycles. The molecule has 1 N–H and O–H groups in total. The van der Waals surface area contributed by atoms with Crippen LogP contribution in [0.5, 0.6) is 5.75 Å². The number of hydrogen-bond donors (Lipinski definition) is 1. The molecule has 0 saturated carbocycles. The van der Waals surface area contributed by atoms with Gasteiger partial charge in [0.05, 0.1) is 15.2 Å². The third-order valence-corrected chi connectivity index (χ3v) is 3.91. The van der Waals surface area contributed by atoms with E-state index in [0.29, 0.717) is 34.5 Å². The number of halogens is 3. The highest BCUT2D eigenvalue weighted by Crippen LogP contribution is 2.35. The van der Waals surface area contributed by atoms with E-state index in [1.165, 1.54) is 0 Å².